The summed E-state index contributed by atoms with van der Waals surface area (Å²) in [4.78, 5) is 26.8. The van der Waals surface area contributed by atoms with Gasteiger partial charge in [0.1, 0.15) is 5.54 Å². The number of benzene rings is 2. The van der Waals surface area contributed by atoms with Crippen molar-refractivity contribution < 1.29 is 23.8 Å². The summed E-state index contributed by atoms with van der Waals surface area (Å²) in [5.74, 6) is 0.730. The number of ether oxygens (including phenoxy) is 3. The van der Waals surface area contributed by atoms with Crippen molar-refractivity contribution in [2.24, 2.45) is 0 Å². The van der Waals surface area contributed by atoms with E-state index in [1.165, 1.54) is 0 Å². The molecule has 0 spiro atoms. The predicted octanol–water partition coefficient (Wildman–Crippen LogP) is 3.20. The molecule has 2 aromatic carbocycles. The predicted molar refractivity (Wildman–Crippen MR) is 104 cm³/mol. The minimum atomic E-state index is -0.683. The number of para-hydroxylation sites is 2. The fourth-order valence-electron chi connectivity index (χ4n) is 3.37. The minimum Gasteiger partial charge on any atom is -0.462 e. The van der Waals surface area contributed by atoms with Crippen LogP contribution in [-0.4, -0.2) is 37.4 Å². The summed E-state index contributed by atoms with van der Waals surface area (Å²) >= 11 is 0. The quantitative estimate of drug-likeness (QED) is 0.632. The van der Waals surface area contributed by atoms with Crippen LogP contribution < -0.4 is 19.7 Å². The van der Waals surface area contributed by atoms with Crippen LogP contribution in [0.15, 0.2) is 42.5 Å². The first kappa shape index (κ1) is 18.2. The highest BCUT2D eigenvalue weighted by molar-refractivity contribution is 6.07. The Kier molecular flexibility index (Phi) is 4.58. The van der Waals surface area contributed by atoms with Crippen LogP contribution in [0, 0.1) is 0 Å². The lowest BCUT2D eigenvalue weighted by atomic mass is 9.98. The van der Waals surface area contributed by atoms with Crippen LogP contribution in [-0.2, 0) is 9.53 Å². The van der Waals surface area contributed by atoms with Gasteiger partial charge in [-0.25, -0.2) is 4.79 Å². The van der Waals surface area contributed by atoms with Gasteiger partial charge in [-0.3, -0.25) is 4.79 Å². The molecule has 0 bridgehead atoms. The summed E-state index contributed by atoms with van der Waals surface area (Å²) in [5.41, 5.74) is 1.49. The number of nitrogens with one attached hydrogen (secondary N) is 1. The third-order valence-corrected chi connectivity index (χ3v) is 4.79. The number of rotatable bonds is 5. The number of carbonyl (C=O) groups excluding carboxylic acids is 2. The topological polar surface area (TPSA) is 77.1 Å². The monoisotopic (exact) mass is 382 g/mol. The molecule has 7 nitrogen and oxygen atoms in total. The molecular weight excluding hydrogens is 360 g/mol. The standard InChI is InChI=1S/C21H22N2O5/c1-21(2)20(25)23(16-7-4-3-6-15(16)22-21)10-5-11-26-19(24)14-8-9-17-18(12-14)28-13-27-17/h3-4,6-9,12,22H,5,10-11,13H2,1-2H3. The molecule has 2 aliphatic rings. The lowest BCUT2D eigenvalue weighted by Crippen LogP contribution is -2.54. The highest BCUT2D eigenvalue weighted by Gasteiger charge is 2.38. The van der Waals surface area contributed by atoms with E-state index in [0.717, 1.165) is 11.4 Å². The van der Waals surface area contributed by atoms with Gasteiger partial charge in [-0.05, 0) is 50.6 Å². The van der Waals surface area contributed by atoms with Gasteiger partial charge in [-0.1, -0.05) is 12.1 Å². The summed E-state index contributed by atoms with van der Waals surface area (Å²) < 4.78 is 15.9. The van der Waals surface area contributed by atoms with Crippen molar-refractivity contribution in [1.82, 2.24) is 0 Å². The molecule has 0 radical (unpaired) electrons. The van der Waals surface area contributed by atoms with Crippen LogP contribution >= 0.6 is 0 Å². The van der Waals surface area contributed by atoms with E-state index in [1.54, 1.807) is 23.1 Å². The zero-order valence-corrected chi connectivity index (χ0v) is 15.9. The maximum atomic E-state index is 12.8. The summed E-state index contributed by atoms with van der Waals surface area (Å²) in [6.45, 7) is 4.56. The van der Waals surface area contributed by atoms with Gasteiger partial charge in [-0.15, -0.1) is 0 Å². The van der Waals surface area contributed by atoms with Gasteiger partial charge in [0.15, 0.2) is 11.5 Å². The normalized spacial score (nSPS) is 16.4. The maximum Gasteiger partial charge on any atom is 0.338 e. The average molecular weight is 382 g/mol. The molecule has 0 aromatic heterocycles. The molecule has 4 rings (SSSR count). The molecule has 0 atom stereocenters. The Balaban J connectivity index is 1.36. The van der Waals surface area contributed by atoms with Gasteiger partial charge in [0, 0.05) is 6.54 Å². The summed E-state index contributed by atoms with van der Waals surface area (Å²) in [5, 5.41) is 3.27. The largest absolute Gasteiger partial charge is 0.462 e. The summed E-state index contributed by atoms with van der Waals surface area (Å²) in [7, 11) is 0. The Morgan fingerprint density at radius 2 is 1.96 bits per heavy atom. The molecule has 1 amide bonds. The molecule has 0 saturated heterocycles. The molecule has 2 aliphatic heterocycles. The molecule has 0 saturated carbocycles. The van der Waals surface area contributed by atoms with E-state index in [4.69, 9.17) is 14.2 Å². The van der Waals surface area contributed by atoms with Crippen LogP contribution in [0.3, 0.4) is 0 Å². The Morgan fingerprint density at radius 3 is 2.82 bits per heavy atom. The summed E-state index contributed by atoms with van der Waals surface area (Å²) in [6, 6.07) is 12.7. The van der Waals surface area contributed by atoms with E-state index in [1.807, 2.05) is 38.1 Å². The second-order valence-electron chi connectivity index (χ2n) is 7.28. The van der Waals surface area contributed by atoms with Gasteiger partial charge in [-0.2, -0.15) is 0 Å². The highest BCUT2D eigenvalue weighted by atomic mass is 16.7. The third-order valence-electron chi connectivity index (χ3n) is 4.79. The SMILES string of the molecule is CC1(C)Nc2ccccc2N(CCCOC(=O)c2ccc3c(c2)OCO3)C1=O. The van der Waals surface area contributed by atoms with Gasteiger partial charge in [0.2, 0.25) is 6.79 Å². The van der Waals surface area contributed by atoms with E-state index >= 15 is 0 Å². The van der Waals surface area contributed by atoms with Crippen LogP contribution in [0.4, 0.5) is 11.4 Å². The van der Waals surface area contributed by atoms with Gasteiger partial charge < -0.3 is 24.4 Å². The Bertz CT molecular complexity index is 925. The molecular formula is C21H22N2O5. The molecule has 28 heavy (non-hydrogen) atoms. The second-order valence-corrected chi connectivity index (χ2v) is 7.28. The fourth-order valence-corrected chi connectivity index (χ4v) is 3.37. The zero-order valence-electron chi connectivity index (χ0n) is 15.9. The van der Waals surface area contributed by atoms with Crippen LogP contribution in [0.25, 0.3) is 0 Å². The van der Waals surface area contributed by atoms with Crippen molar-refractivity contribution in [3.8, 4) is 11.5 Å². The van der Waals surface area contributed by atoms with Gasteiger partial charge >= 0.3 is 5.97 Å². The van der Waals surface area contributed by atoms with E-state index in [9.17, 15) is 9.59 Å². The smallest absolute Gasteiger partial charge is 0.338 e. The first-order valence-electron chi connectivity index (χ1n) is 9.22. The number of amides is 1. The number of nitrogens with zero attached hydrogens (tertiary/aromatic N) is 1. The highest BCUT2D eigenvalue weighted by Crippen LogP contribution is 2.35. The lowest BCUT2D eigenvalue weighted by Gasteiger charge is -2.39. The van der Waals surface area contributed by atoms with Crippen molar-refractivity contribution in [3.05, 3.63) is 48.0 Å². The van der Waals surface area contributed by atoms with Crippen LogP contribution in [0.2, 0.25) is 0 Å². The second kappa shape index (κ2) is 7.07. The average Bonchev–Trinajstić information content (AvgIpc) is 3.15. The zero-order chi connectivity index (χ0) is 19.7. The van der Waals surface area contributed by atoms with Crippen LogP contribution in [0.5, 0.6) is 11.5 Å². The number of anilines is 2. The molecule has 0 aliphatic carbocycles. The molecule has 2 heterocycles. The molecule has 2 aromatic rings. The van der Waals surface area contributed by atoms with E-state index in [2.05, 4.69) is 5.32 Å². The third kappa shape index (κ3) is 3.35. The molecule has 146 valence electrons. The molecule has 0 fully saturated rings. The fraction of sp³-hybridized carbons (Fsp3) is 0.333. The first-order chi connectivity index (χ1) is 13.5. The number of hydrogen-bond acceptors (Lipinski definition) is 6. The van der Waals surface area contributed by atoms with E-state index in [0.29, 0.717) is 30.0 Å². The van der Waals surface area contributed by atoms with Crippen molar-refractivity contribution in [1.29, 1.82) is 0 Å². The number of carbonyl (C=O) groups is 2. The maximum absolute atomic E-state index is 12.8. The Hall–Kier alpha value is -3.22. The Morgan fingerprint density at radius 1 is 1.18 bits per heavy atom. The number of fused-ring (bicyclic) bond motifs is 2. The molecule has 7 heteroatoms. The number of esters is 1. The number of hydrogen-bond donors (Lipinski definition) is 1. The van der Waals surface area contributed by atoms with Crippen molar-refractivity contribution in [3.63, 3.8) is 0 Å². The van der Waals surface area contributed by atoms with Crippen molar-refractivity contribution in [2.45, 2.75) is 25.8 Å². The van der Waals surface area contributed by atoms with Crippen molar-refractivity contribution >= 4 is 23.3 Å². The summed E-state index contributed by atoms with van der Waals surface area (Å²) in [6.07, 6.45) is 0.534. The van der Waals surface area contributed by atoms with E-state index < -0.39 is 11.5 Å². The van der Waals surface area contributed by atoms with Gasteiger partial charge in [0.05, 0.1) is 23.5 Å². The molecule has 0 unspecified atom stereocenters. The van der Waals surface area contributed by atoms with E-state index in [-0.39, 0.29) is 19.3 Å². The van der Waals surface area contributed by atoms with Crippen molar-refractivity contribution in [2.75, 3.05) is 30.2 Å². The van der Waals surface area contributed by atoms with Crippen LogP contribution in [0.1, 0.15) is 30.6 Å². The Labute approximate surface area is 163 Å². The molecule has 1 N–H and O–H groups in total. The minimum absolute atomic E-state index is 0.00621. The van der Waals surface area contributed by atoms with Gasteiger partial charge in [0.25, 0.3) is 5.91 Å². The lowest BCUT2D eigenvalue weighted by molar-refractivity contribution is -0.122. The first-order valence-corrected chi connectivity index (χ1v) is 9.22.